The van der Waals surface area contributed by atoms with Crippen LogP contribution in [0.15, 0.2) is 70.3 Å². The summed E-state index contributed by atoms with van der Waals surface area (Å²) in [5.74, 6) is -0.238. The normalized spacial score (nSPS) is 13.5. The van der Waals surface area contributed by atoms with Crippen molar-refractivity contribution in [3.8, 4) is 5.75 Å². The average molecular weight is 559 g/mol. The molecule has 1 fully saturated rings. The number of rotatable bonds is 7. The number of nitrogens with zero attached hydrogens (tertiary/aromatic N) is 3. The van der Waals surface area contributed by atoms with Gasteiger partial charge in [-0.3, -0.25) is 9.59 Å². The Labute approximate surface area is 215 Å². The van der Waals surface area contributed by atoms with Gasteiger partial charge in [0.15, 0.2) is 0 Å². The lowest BCUT2D eigenvalue weighted by Crippen LogP contribution is -2.49. The van der Waals surface area contributed by atoms with Crippen molar-refractivity contribution < 1.29 is 18.7 Å². The van der Waals surface area contributed by atoms with E-state index in [0.717, 1.165) is 23.2 Å². The molecule has 0 spiro atoms. The van der Waals surface area contributed by atoms with Crippen molar-refractivity contribution in [1.82, 2.24) is 9.88 Å². The molecule has 4 rings (SSSR count). The van der Waals surface area contributed by atoms with Gasteiger partial charge in [0.1, 0.15) is 16.6 Å². The van der Waals surface area contributed by atoms with Crippen molar-refractivity contribution in [2.75, 3.05) is 49.3 Å². The van der Waals surface area contributed by atoms with Crippen molar-refractivity contribution in [2.45, 2.75) is 5.03 Å². The van der Waals surface area contributed by atoms with Gasteiger partial charge in [-0.15, -0.1) is 0 Å². The van der Waals surface area contributed by atoms with Crippen molar-refractivity contribution in [3.05, 3.63) is 76.6 Å². The number of amides is 2. The third kappa shape index (κ3) is 6.12. The van der Waals surface area contributed by atoms with Crippen LogP contribution in [0, 0.1) is 5.82 Å². The van der Waals surface area contributed by atoms with Crippen LogP contribution in [0.3, 0.4) is 0 Å². The molecule has 0 unspecified atom stereocenters. The number of hydrogen-bond donors (Lipinski definition) is 1. The first kappa shape index (κ1) is 25.0. The van der Waals surface area contributed by atoms with E-state index < -0.39 is 5.82 Å². The highest BCUT2D eigenvalue weighted by molar-refractivity contribution is 9.10. The molecule has 0 atom stereocenters. The minimum Gasteiger partial charge on any atom is -0.495 e. The molecule has 2 heterocycles. The second-order valence-corrected chi connectivity index (χ2v) is 9.65. The Morgan fingerprint density at radius 3 is 2.63 bits per heavy atom. The number of carbonyl (C=O) groups is 2. The van der Waals surface area contributed by atoms with Gasteiger partial charge in [0, 0.05) is 36.8 Å². The zero-order valence-electron chi connectivity index (χ0n) is 19.0. The molecule has 1 aliphatic heterocycles. The van der Waals surface area contributed by atoms with E-state index in [1.807, 2.05) is 24.3 Å². The molecular weight excluding hydrogens is 535 g/mol. The maximum absolute atomic E-state index is 14.0. The zero-order chi connectivity index (χ0) is 24.8. The van der Waals surface area contributed by atoms with E-state index in [1.54, 1.807) is 36.4 Å². The summed E-state index contributed by atoms with van der Waals surface area (Å²) >= 11 is 4.34. The molecule has 0 bridgehead atoms. The van der Waals surface area contributed by atoms with Gasteiger partial charge in [0.2, 0.25) is 5.91 Å². The molecule has 10 heteroatoms. The number of methoxy groups -OCH3 is 1. The highest BCUT2D eigenvalue weighted by Gasteiger charge is 2.26. The Morgan fingerprint density at radius 2 is 1.89 bits per heavy atom. The van der Waals surface area contributed by atoms with Crippen LogP contribution in [-0.4, -0.2) is 60.7 Å². The van der Waals surface area contributed by atoms with Crippen molar-refractivity contribution >= 4 is 50.9 Å². The fourth-order valence-corrected chi connectivity index (χ4v) is 4.91. The number of anilines is 2. The number of hydrogen-bond acceptors (Lipinski definition) is 6. The standard InChI is InChI=1S/C25H24BrFN4O3S/c1-34-22-7-3-2-6-21(22)30-11-13-31(14-12-30)25(33)18-5-4-10-28-24(18)35-16-23(32)29-20-9-8-17(26)15-19(20)27/h2-10,15H,11-14,16H2,1H3,(H,29,32). The van der Waals surface area contributed by atoms with Crippen LogP contribution < -0.4 is 15.0 Å². The van der Waals surface area contributed by atoms with Crippen molar-refractivity contribution in [3.63, 3.8) is 0 Å². The van der Waals surface area contributed by atoms with Gasteiger partial charge in [-0.25, -0.2) is 9.37 Å². The maximum Gasteiger partial charge on any atom is 0.256 e. The predicted octanol–water partition coefficient (Wildman–Crippen LogP) is 4.69. The lowest BCUT2D eigenvalue weighted by atomic mass is 10.2. The highest BCUT2D eigenvalue weighted by Crippen LogP contribution is 2.29. The summed E-state index contributed by atoms with van der Waals surface area (Å²) in [5.41, 5.74) is 1.56. The molecule has 35 heavy (non-hydrogen) atoms. The minimum absolute atomic E-state index is 0.00558. The fourth-order valence-electron chi connectivity index (χ4n) is 3.79. The Morgan fingerprint density at radius 1 is 1.11 bits per heavy atom. The summed E-state index contributed by atoms with van der Waals surface area (Å²) in [7, 11) is 1.65. The molecule has 7 nitrogen and oxygen atoms in total. The van der Waals surface area contributed by atoms with Crippen LogP contribution in [0.5, 0.6) is 5.75 Å². The largest absolute Gasteiger partial charge is 0.495 e. The van der Waals surface area contributed by atoms with E-state index in [1.165, 1.54) is 12.1 Å². The van der Waals surface area contributed by atoms with Crippen LogP contribution in [0.1, 0.15) is 10.4 Å². The summed E-state index contributed by atoms with van der Waals surface area (Å²) in [6.45, 7) is 2.46. The van der Waals surface area contributed by atoms with Crippen LogP contribution in [0.25, 0.3) is 0 Å². The lowest BCUT2D eigenvalue weighted by Gasteiger charge is -2.36. The Kier molecular flexibility index (Phi) is 8.25. The second-order valence-electron chi connectivity index (χ2n) is 7.77. The predicted molar refractivity (Wildman–Crippen MR) is 139 cm³/mol. The zero-order valence-corrected chi connectivity index (χ0v) is 21.4. The quantitative estimate of drug-likeness (QED) is 0.424. The van der Waals surface area contributed by atoms with E-state index in [-0.39, 0.29) is 23.3 Å². The van der Waals surface area contributed by atoms with E-state index in [2.05, 4.69) is 31.1 Å². The Hall–Kier alpha value is -3.11. The summed E-state index contributed by atoms with van der Waals surface area (Å²) in [4.78, 5) is 34.0. The van der Waals surface area contributed by atoms with Crippen LogP contribution >= 0.6 is 27.7 Å². The van der Waals surface area contributed by atoms with Gasteiger partial charge in [-0.1, -0.05) is 39.8 Å². The molecule has 3 aromatic rings. The highest BCUT2D eigenvalue weighted by atomic mass is 79.9. The molecule has 0 saturated carbocycles. The number of nitrogens with one attached hydrogen (secondary N) is 1. The number of carbonyl (C=O) groups excluding carboxylic acids is 2. The molecular formula is C25H24BrFN4O3S. The minimum atomic E-state index is -0.529. The Balaban J connectivity index is 1.37. The van der Waals surface area contributed by atoms with Crippen molar-refractivity contribution in [1.29, 1.82) is 0 Å². The average Bonchev–Trinajstić information content (AvgIpc) is 2.89. The van der Waals surface area contributed by atoms with E-state index in [0.29, 0.717) is 41.2 Å². The molecule has 2 amide bonds. The fraction of sp³-hybridized carbons (Fsp3) is 0.240. The van der Waals surface area contributed by atoms with Gasteiger partial charge in [-0.2, -0.15) is 0 Å². The van der Waals surface area contributed by atoms with Gasteiger partial charge in [-0.05, 0) is 42.5 Å². The maximum atomic E-state index is 14.0. The summed E-state index contributed by atoms with van der Waals surface area (Å²) in [6.07, 6.45) is 1.59. The summed E-state index contributed by atoms with van der Waals surface area (Å²) in [5, 5.41) is 3.02. The first-order valence-corrected chi connectivity index (χ1v) is 12.7. The van der Waals surface area contributed by atoms with E-state index >= 15 is 0 Å². The first-order valence-electron chi connectivity index (χ1n) is 11.0. The second kappa shape index (κ2) is 11.5. The molecule has 1 N–H and O–H groups in total. The van der Waals surface area contributed by atoms with Crippen LogP contribution in [0.2, 0.25) is 0 Å². The number of para-hydroxylation sites is 2. The summed E-state index contributed by atoms with van der Waals surface area (Å²) in [6, 6.07) is 15.7. The third-order valence-corrected chi connectivity index (χ3v) is 7.04. The molecule has 2 aromatic carbocycles. The lowest BCUT2D eigenvalue weighted by molar-refractivity contribution is -0.113. The van der Waals surface area contributed by atoms with Crippen molar-refractivity contribution in [2.24, 2.45) is 0 Å². The van der Waals surface area contributed by atoms with Gasteiger partial charge in [0.05, 0.1) is 29.8 Å². The van der Waals surface area contributed by atoms with Crippen LogP contribution in [-0.2, 0) is 4.79 Å². The number of piperazine rings is 1. The third-order valence-electron chi connectivity index (χ3n) is 5.54. The molecule has 0 aliphatic carbocycles. The van der Waals surface area contributed by atoms with Gasteiger partial charge < -0.3 is 19.9 Å². The van der Waals surface area contributed by atoms with Gasteiger partial charge >= 0.3 is 0 Å². The topological polar surface area (TPSA) is 74.8 Å². The molecule has 0 radical (unpaired) electrons. The first-order chi connectivity index (χ1) is 17.0. The molecule has 1 aromatic heterocycles. The van der Waals surface area contributed by atoms with Gasteiger partial charge in [0.25, 0.3) is 5.91 Å². The number of aromatic nitrogens is 1. The monoisotopic (exact) mass is 558 g/mol. The van der Waals surface area contributed by atoms with E-state index in [9.17, 15) is 14.0 Å². The summed E-state index contributed by atoms with van der Waals surface area (Å²) < 4.78 is 20.1. The van der Waals surface area contributed by atoms with Crippen LogP contribution in [0.4, 0.5) is 15.8 Å². The smallest absolute Gasteiger partial charge is 0.256 e. The molecule has 1 saturated heterocycles. The van der Waals surface area contributed by atoms with E-state index in [4.69, 9.17) is 4.74 Å². The number of ether oxygens (including phenoxy) is 1. The SMILES string of the molecule is COc1ccccc1N1CCN(C(=O)c2cccnc2SCC(=O)Nc2ccc(Br)cc2F)CC1. The number of pyridine rings is 1. The molecule has 182 valence electrons. The Bertz CT molecular complexity index is 1220. The number of thioether (sulfide) groups is 1. The number of benzene rings is 2. The molecule has 1 aliphatic rings. The number of halogens is 2.